The minimum absolute atomic E-state index is 0.00885. The molecule has 6 heteroatoms. The fraction of sp³-hybridized carbons (Fsp3) is 0.167. The summed E-state index contributed by atoms with van der Waals surface area (Å²) in [4.78, 5) is 16.7. The third-order valence-electron chi connectivity index (χ3n) is 2.33. The van der Waals surface area contributed by atoms with Gasteiger partial charge in [-0.15, -0.1) is 11.3 Å². The Balaban J connectivity index is 2.03. The summed E-state index contributed by atoms with van der Waals surface area (Å²) in [5.41, 5.74) is 5.70. The first kappa shape index (κ1) is 12.5. The number of nitrogen functional groups attached to an aromatic ring is 1. The van der Waals surface area contributed by atoms with Crippen LogP contribution in [0.2, 0.25) is 0 Å². The second-order valence-corrected chi connectivity index (χ2v) is 5.09. The van der Waals surface area contributed by atoms with E-state index < -0.39 is 11.7 Å². The van der Waals surface area contributed by atoms with Gasteiger partial charge in [0, 0.05) is 16.8 Å². The molecular weight excluding hydrogens is 253 g/mol. The van der Waals surface area contributed by atoms with Gasteiger partial charge < -0.3 is 11.1 Å². The molecule has 0 aliphatic heterocycles. The molecule has 0 radical (unpaired) electrons. The van der Waals surface area contributed by atoms with E-state index in [0.717, 1.165) is 16.0 Å². The van der Waals surface area contributed by atoms with Crippen LogP contribution in [-0.4, -0.2) is 10.9 Å². The first-order chi connectivity index (χ1) is 8.56. The van der Waals surface area contributed by atoms with Gasteiger partial charge in [0.25, 0.3) is 5.91 Å². The van der Waals surface area contributed by atoms with Crippen LogP contribution in [0.25, 0.3) is 0 Å². The lowest BCUT2D eigenvalue weighted by Gasteiger charge is -2.05. The van der Waals surface area contributed by atoms with Crippen molar-refractivity contribution < 1.29 is 9.18 Å². The Labute approximate surface area is 108 Å². The van der Waals surface area contributed by atoms with Crippen molar-refractivity contribution in [1.29, 1.82) is 0 Å². The average molecular weight is 265 g/mol. The van der Waals surface area contributed by atoms with E-state index in [1.807, 2.05) is 6.92 Å². The van der Waals surface area contributed by atoms with Crippen LogP contribution in [0, 0.1) is 12.7 Å². The minimum Gasteiger partial charge on any atom is -0.399 e. The third-order valence-corrected chi connectivity index (χ3v) is 3.24. The average Bonchev–Trinajstić information content (AvgIpc) is 2.72. The minimum atomic E-state index is -0.618. The predicted molar refractivity (Wildman–Crippen MR) is 68.8 cm³/mol. The normalized spacial score (nSPS) is 10.3. The molecule has 2 rings (SSSR count). The van der Waals surface area contributed by atoms with Gasteiger partial charge in [0.05, 0.1) is 17.1 Å². The van der Waals surface area contributed by atoms with Crippen molar-refractivity contribution in [2.24, 2.45) is 0 Å². The molecule has 2 aromatic rings. The molecule has 3 N–H and O–H groups in total. The van der Waals surface area contributed by atoms with Crippen molar-refractivity contribution in [3.63, 3.8) is 0 Å². The van der Waals surface area contributed by atoms with Crippen LogP contribution in [0.1, 0.15) is 20.2 Å². The molecule has 0 bridgehead atoms. The molecule has 0 saturated carbocycles. The Bertz CT molecular complexity index is 582. The molecule has 0 fully saturated rings. The van der Waals surface area contributed by atoms with Crippen molar-refractivity contribution in [2.75, 3.05) is 5.73 Å². The number of nitrogens with two attached hydrogens (primary N) is 1. The molecule has 94 valence electrons. The van der Waals surface area contributed by atoms with Gasteiger partial charge >= 0.3 is 0 Å². The number of carbonyl (C=O) groups excluding carboxylic acids is 1. The van der Waals surface area contributed by atoms with Crippen LogP contribution in [0.15, 0.2) is 24.4 Å². The van der Waals surface area contributed by atoms with Crippen molar-refractivity contribution in [1.82, 2.24) is 10.3 Å². The standard InChI is InChI=1S/C12H12FN3OS/c1-7-15-5-9(18-7)6-16-12(17)10-3-2-8(14)4-11(10)13/h2-5H,6,14H2,1H3,(H,16,17). The molecule has 0 unspecified atom stereocenters. The second-order valence-electron chi connectivity index (χ2n) is 3.77. The first-order valence-electron chi connectivity index (χ1n) is 5.31. The molecule has 1 amide bonds. The van der Waals surface area contributed by atoms with E-state index in [9.17, 15) is 9.18 Å². The highest BCUT2D eigenvalue weighted by Crippen LogP contribution is 2.13. The fourth-order valence-corrected chi connectivity index (χ4v) is 2.20. The van der Waals surface area contributed by atoms with E-state index in [-0.39, 0.29) is 5.56 Å². The molecule has 4 nitrogen and oxygen atoms in total. The summed E-state index contributed by atoms with van der Waals surface area (Å²) in [6, 6.07) is 4.00. The SMILES string of the molecule is Cc1ncc(CNC(=O)c2ccc(N)cc2F)s1. The topological polar surface area (TPSA) is 68.0 Å². The van der Waals surface area contributed by atoms with E-state index in [2.05, 4.69) is 10.3 Å². The molecule has 0 aliphatic rings. The predicted octanol–water partition coefficient (Wildman–Crippen LogP) is 2.10. The van der Waals surface area contributed by atoms with E-state index in [1.165, 1.54) is 23.5 Å². The number of aryl methyl sites for hydroxylation is 1. The Morgan fingerprint density at radius 2 is 2.33 bits per heavy atom. The van der Waals surface area contributed by atoms with Gasteiger partial charge in [-0.25, -0.2) is 9.37 Å². The van der Waals surface area contributed by atoms with Crippen molar-refractivity contribution in [3.05, 3.63) is 45.7 Å². The summed E-state index contributed by atoms with van der Waals surface area (Å²) >= 11 is 1.49. The highest BCUT2D eigenvalue weighted by Gasteiger charge is 2.11. The molecule has 0 aliphatic carbocycles. The van der Waals surface area contributed by atoms with E-state index in [1.54, 1.807) is 6.20 Å². The number of aromatic nitrogens is 1. The van der Waals surface area contributed by atoms with Gasteiger partial charge in [0.1, 0.15) is 5.82 Å². The highest BCUT2D eigenvalue weighted by atomic mass is 32.1. The summed E-state index contributed by atoms with van der Waals surface area (Å²) < 4.78 is 13.5. The van der Waals surface area contributed by atoms with Crippen molar-refractivity contribution >= 4 is 22.9 Å². The van der Waals surface area contributed by atoms with Crippen LogP contribution in [-0.2, 0) is 6.54 Å². The van der Waals surface area contributed by atoms with Gasteiger partial charge in [-0.3, -0.25) is 4.79 Å². The van der Waals surface area contributed by atoms with Gasteiger partial charge in [0.2, 0.25) is 0 Å². The Kier molecular flexibility index (Phi) is 3.57. The number of nitrogens with one attached hydrogen (secondary N) is 1. The summed E-state index contributed by atoms with van der Waals surface area (Å²) in [5, 5.41) is 3.57. The number of hydrogen-bond acceptors (Lipinski definition) is 4. The fourth-order valence-electron chi connectivity index (χ4n) is 1.47. The van der Waals surface area contributed by atoms with Gasteiger partial charge in [-0.1, -0.05) is 0 Å². The zero-order chi connectivity index (χ0) is 13.1. The number of halogens is 1. The van der Waals surface area contributed by atoms with Gasteiger partial charge in [0.15, 0.2) is 0 Å². The molecule has 0 atom stereocenters. The molecule has 0 saturated heterocycles. The summed E-state index contributed by atoms with van der Waals surface area (Å²) in [5.74, 6) is -1.08. The summed E-state index contributed by atoms with van der Waals surface area (Å²) in [7, 11) is 0. The number of carbonyl (C=O) groups is 1. The quantitative estimate of drug-likeness (QED) is 0.835. The van der Waals surface area contributed by atoms with Gasteiger partial charge in [-0.05, 0) is 25.1 Å². The monoisotopic (exact) mass is 265 g/mol. The Hall–Kier alpha value is -1.95. The maximum atomic E-state index is 13.5. The van der Waals surface area contributed by atoms with E-state index >= 15 is 0 Å². The van der Waals surface area contributed by atoms with Crippen molar-refractivity contribution in [2.45, 2.75) is 13.5 Å². The lowest BCUT2D eigenvalue weighted by molar-refractivity contribution is 0.0947. The van der Waals surface area contributed by atoms with Crippen LogP contribution in [0.4, 0.5) is 10.1 Å². The van der Waals surface area contributed by atoms with Gasteiger partial charge in [-0.2, -0.15) is 0 Å². The zero-order valence-corrected chi connectivity index (χ0v) is 10.6. The molecule has 1 aromatic carbocycles. The number of nitrogens with zero attached hydrogens (tertiary/aromatic N) is 1. The third kappa shape index (κ3) is 2.84. The molecule has 18 heavy (non-hydrogen) atoms. The number of benzene rings is 1. The highest BCUT2D eigenvalue weighted by molar-refractivity contribution is 7.11. The van der Waals surface area contributed by atoms with Crippen LogP contribution < -0.4 is 11.1 Å². The van der Waals surface area contributed by atoms with Crippen LogP contribution in [0.3, 0.4) is 0 Å². The zero-order valence-electron chi connectivity index (χ0n) is 9.74. The summed E-state index contributed by atoms with van der Waals surface area (Å²) in [6.45, 7) is 2.23. The number of anilines is 1. The van der Waals surface area contributed by atoms with Crippen molar-refractivity contribution in [3.8, 4) is 0 Å². The van der Waals surface area contributed by atoms with Crippen LogP contribution in [0.5, 0.6) is 0 Å². The Morgan fingerprint density at radius 1 is 1.56 bits per heavy atom. The number of thiazole rings is 1. The maximum absolute atomic E-state index is 13.5. The number of rotatable bonds is 3. The molecule has 0 spiro atoms. The number of hydrogen-bond donors (Lipinski definition) is 2. The van der Waals surface area contributed by atoms with E-state index in [0.29, 0.717) is 12.2 Å². The van der Waals surface area contributed by atoms with E-state index in [4.69, 9.17) is 5.73 Å². The lowest BCUT2D eigenvalue weighted by Crippen LogP contribution is -2.23. The largest absolute Gasteiger partial charge is 0.399 e. The molecule has 1 heterocycles. The van der Waals surface area contributed by atoms with Crippen LogP contribution >= 0.6 is 11.3 Å². The first-order valence-corrected chi connectivity index (χ1v) is 6.12. The maximum Gasteiger partial charge on any atom is 0.254 e. The number of amides is 1. The second kappa shape index (κ2) is 5.14. The smallest absolute Gasteiger partial charge is 0.254 e. The molecule has 1 aromatic heterocycles. The lowest BCUT2D eigenvalue weighted by atomic mass is 10.2. The summed E-state index contributed by atoms with van der Waals surface area (Å²) in [6.07, 6.45) is 1.69. The Morgan fingerprint density at radius 3 is 2.94 bits per heavy atom. The molecular formula is C12H12FN3OS.